The molecule has 1 aromatic carbocycles. The van der Waals surface area contributed by atoms with E-state index in [1.54, 1.807) is 11.9 Å². The van der Waals surface area contributed by atoms with Gasteiger partial charge in [-0.2, -0.15) is 0 Å². The molecule has 0 spiro atoms. The summed E-state index contributed by atoms with van der Waals surface area (Å²) >= 11 is 0. The van der Waals surface area contributed by atoms with Crippen LogP contribution in [0.2, 0.25) is 0 Å². The molecular weight excluding hydrogens is 204 g/mol. The zero-order valence-corrected chi connectivity index (χ0v) is 9.56. The van der Waals surface area contributed by atoms with Crippen molar-refractivity contribution in [2.45, 2.75) is 19.0 Å². The third-order valence-electron chi connectivity index (χ3n) is 3.28. The number of carbonyl (C=O) groups is 1. The summed E-state index contributed by atoms with van der Waals surface area (Å²) in [7, 11) is 1.75. The zero-order valence-electron chi connectivity index (χ0n) is 9.56. The average molecular weight is 220 g/mol. The number of hydrogen-bond acceptors (Lipinski definition) is 3. The van der Waals surface area contributed by atoms with E-state index in [-0.39, 0.29) is 11.6 Å². The lowest BCUT2D eigenvalue weighted by molar-refractivity contribution is 0.162. The maximum Gasteiger partial charge on any atom is 0.410 e. The third kappa shape index (κ3) is 1.55. The number of nitrogens with zero attached hydrogens (tertiary/aromatic N) is 1. The fourth-order valence-corrected chi connectivity index (χ4v) is 1.91. The molecule has 1 aliphatic heterocycles. The molecule has 1 heterocycles. The Labute approximate surface area is 95.0 Å². The highest BCUT2D eigenvalue weighted by Gasteiger charge is 2.42. The Kier molecular flexibility index (Phi) is 2.59. The highest BCUT2D eigenvalue weighted by molar-refractivity contribution is 5.71. The molecule has 2 N–H and O–H groups in total. The van der Waals surface area contributed by atoms with Gasteiger partial charge in [-0.1, -0.05) is 24.3 Å². The van der Waals surface area contributed by atoms with Gasteiger partial charge in [0.05, 0.1) is 0 Å². The van der Waals surface area contributed by atoms with Crippen molar-refractivity contribution in [2.24, 2.45) is 5.73 Å². The summed E-state index contributed by atoms with van der Waals surface area (Å²) in [6.45, 7) is 2.88. The lowest BCUT2D eigenvalue weighted by atomic mass is 9.91. The maximum absolute atomic E-state index is 11.4. The Morgan fingerprint density at radius 2 is 2.31 bits per heavy atom. The number of carbonyl (C=O) groups excluding carboxylic acids is 1. The fraction of sp³-hybridized carbons (Fsp3) is 0.417. The number of likely N-dealkylation sites (N-methyl/N-ethyl adjacent to an activating group) is 1. The minimum Gasteiger partial charge on any atom is -0.447 e. The van der Waals surface area contributed by atoms with E-state index in [0.717, 1.165) is 11.1 Å². The van der Waals surface area contributed by atoms with Gasteiger partial charge in [-0.25, -0.2) is 4.79 Å². The first-order valence-electron chi connectivity index (χ1n) is 5.28. The molecule has 1 aliphatic rings. The standard InChI is InChI=1S/C12H16N2O2/c1-12(8-16-11(15)14(12)2)10-5-3-4-9(6-10)7-13/h3-6H,7-8,13H2,1-2H3. The maximum atomic E-state index is 11.4. The Morgan fingerprint density at radius 1 is 1.56 bits per heavy atom. The second kappa shape index (κ2) is 3.79. The van der Waals surface area contributed by atoms with Crippen molar-refractivity contribution in [3.8, 4) is 0 Å². The van der Waals surface area contributed by atoms with Crippen molar-refractivity contribution in [1.82, 2.24) is 4.90 Å². The van der Waals surface area contributed by atoms with Gasteiger partial charge in [-0.3, -0.25) is 4.90 Å². The summed E-state index contributed by atoms with van der Waals surface area (Å²) in [6.07, 6.45) is -0.277. The van der Waals surface area contributed by atoms with Crippen LogP contribution in [-0.2, 0) is 16.8 Å². The van der Waals surface area contributed by atoms with E-state index in [1.807, 2.05) is 31.2 Å². The molecule has 0 radical (unpaired) electrons. The lowest BCUT2D eigenvalue weighted by Crippen LogP contribution is -2.39. The van der Waals surface area contributed by atoms with Crippen molar-refractivity contribution in [3.05, 3.63) is 35.4 Å². The molecule has 1 fully saturated rings. The smallest absolute Gasteiger partial charge is 0.410 e. The predicted octanol–water partition coefficient (Wildman–Crippen LogP) is 1.44. The number of hydrogen-bond donors (Lipinski definition) is 1. The number of nitrogens with two attached hydrogens (primary N) is 1. The van der Waals surface area contributed by atoms with Crippen molar-refractivity contribution in [3.63, 3.8) is 0 Å². The van der Waals surface area contributed by atoms with Crippen LogP contribution in [0, 0.1) is 0 Å². The van der Waals surface area contributed by atoms with Crippen LogP contribution >= 0.6 is 0 Å². The molecule has 4 nitrogen and oxygen atoms in total. The van der Waals surface area contributed by atoms with Crippen molar-refractivity contribution in [2.75, 3.05) is 13.7 Å². The number of cyclic esters (lactones) is 1. The van der Waals surface area contributed by atoms with Crippen molar-refractivity contribution >= 4 is 6.09 Å². The van der Waals surface area contributed by atoms with E-state index in [4.69, 9.17) is 10.5 Å². The van der Waals surface area contributed by atoms with Crippen LogP contribution in [0.25, 0.3) is 0 Å². The predicted molar refractivity (Wildman–Crippen MR) is 60.8 cm³/mol. The summed E-state index contributed by atoms with van der Waals surface area (Å²) in [4.78, 5) is 13.0. The van der Waals surface area contributed by atoms with Crippen molar-refractivity contribution in [1.29, 1.82) is 0 Å². The monoisotopic (exact) mass is 220 g/mol. The largest absolute Gasteiger partial charge is 0.447 e. The van der Waals surface area contributed by atoms with Crippen LogP contribution in [0.5, 0.6) is 0 Å². The molecule has 2 rings (SSSR count). The lowest BCUT2D eigenvalue weighted by Gasteiger charge is -2.29. The molecule has 1 atom stereocenters. The van der Waals surface area contributed by atoms with Gasteiger partial charge in [0.15, 0.2) is 0 Å². The molecule has 0 saturated carbocycles. The molecule has 86 valence electrons. The minimum atomic E-state index is -0.387. The number of benzene rings is 1. The van der Waals surface area contributed by atoms with Gasteiger partial charge in [-0.15, -0.1) is 0 Å². The van der Waals surface area contributed by atoms with Gasteiger partial charge in [0.25, 0.3) is 0 Å². The Morgan fingerprint density at radius 3 is 2.88 bits per heavy atom. The molecule has 0 aromatic heterocycles. The fourth-order valence-electron chi connectivity index (χ4n) is 1.91. The first-order chi connectivity index (χ1) is 7.58. The van der Waals surface area contributed by atoms with Gasteiger partial charge in [0.2, 0.25) is 0 Å². The topological polar surface area (TPSA) is 55.6 Å². The molecule has 1 aromatic rings. The summed E-state index contributed by atoms with van der Waals surface area (Å²) in [5.41, 5.74) is 7.34. The van der Waals surface area contributed by atoms with E-state index in [1.165, 1.54) is 0 Å². The Bertz CT molecular complexity index is 419. The van der Waals surface area contributed by atoms with Gasteiger partial charge in [0.1, 0.15) is 12.1 Å². The highest BCUT2D eigenvalue weighted by atomic mass is 16.6. The number of amides is 1. The molecule has 16 heavy (non-hydrogen) atoms. The molecule has 1 unspecified atom stereocenters. The average Bonchev–Trinajstić information content (AvgIpc) is 2.59. The van der Waals surface area contributed by atoms with E-state index >= 15 is 0 Å². The molecule has 4 heteroatoms. The van der Waals surface area contributed by atoms with E-state index in [0.29, 0.717) is 13.2 Å². The second-order valence-electron chi connectivity index (χ2n) is 4.29. The van der Waals surface area contributed by atoms with Gasteiger partial charge < -0.3 is 10.5 Å². The first-order valence-corrected chi connectivity index (χ1v) is 5.28. The zero-order chi connectivity index (χ0) is 11.8. The summed E-state index contributed by atoms with van der Waals surface area (Å²) in [5.74, 6) is 0. The molecule has 0 aliphatic carbocycles. The van der Waals surface area contributed by atoms with Crippen molar-refractivity contribution < 1.29 is 9.53 Å². The van der Waals surface area contributed by atoms with E-state index in [9.17, 15) is 4.79 Å². The molecule has 0 bridgehead atoms. The molecule has 1 amide bonds. The van der Waals surface area contributed by atoms with Gasteiger partial charge in [-0.05, 0) is 18.1 Å². The van der Waals surface area contributed by atoms with Crippen LogP contribution < -0.4 is 5.73 Å². The summed E-state index contributed by atoms with van der Waals surface area (Å²) in [5, 5.41) is 0. The highest BCUT2D eigenvalue weighted by Crippen LogP contribution is 2.33. The SMILES string of the molecule is CN1C(=O)OCC1(C)c1cccc(CN)c1. The van der Waals surface area contributed by atoms with E-state index < -0.39 is 0 Å². The third-order valence-corrected chi connectivity index (χ3v) is 3.28. The second-order valence-corrected chi connectivity index (χ2v) is 4.29. The van der Waals surface area contributed by atoms with Crippen LogP contribution in [0.1, 0.15) is 18.1 Å². The van der Waals surface area contributed by atoms with Gasteiger partial charge >= 0.3 is 6.09 Å². The normalized spacial score (nSPS) is 24.7. The number of rotatable bonds is 2. The van der Waals surface area contributed by atoms with Gasteiger partial charge in [0, 0.05) is 13.6 Å². The Balaban J connectivity index is 2.39. The molecule has 1 saturated heterocycles. The quantitative estimate of drug-likeness (QED) is 0.820. The van der Waals surface area contributed by atoms with Crippen LogP contribution in [0.3, 0.4) is 0 Å². The van der Waals surface area contributed by atoms with Crippen LogP contribution in [-0.4, -0.2) is 24.6 Å². The first kappa shape index (κ1) is 11.0. The summed E-state index contributed by atoms with van der Waals surface area (Å²) < 4.78 is 5.06. The van der Waals surface area contributed by atoms with Crippen LogP contribution in [0.4, 0.5) is 4.79 Å². The number of ether oxygens (including phenoxy) is 1. The molecular formula is C12H16N2O2. The minimum absolute atomic E-state index is 0.277. The Hall–Kier alpha value is -1.55. The van der Waals surface area contributed by atoms with E-state index in [2.05, 4.69) is 0 Å². The summed E-state index contributed by atoms with van der Waals surface area (Å²) in [6, 6.07) is 7.96. The van der Waals surface area contributed by atoms with Crippen LogP contribution in [0.15, 0.2) is 24.3 Å².